The van der Waals surface area contributed by atoms with Crippen molar-refractivity contribution >= 4 is 0 Å². The van der Waals surface area contributed by atoms with Crippen LogP contribution in [0.4, 0.5) is 0 Å². The Morgan fingerprint density at radius 3 is 2.79 bits per heavy atom. The van der Waals surface area contributed by atoms with Gasteiger partial charge in [0.15, 0.2) is 0 Å². The van der Waals surface area contributed by atoms with Crippen molar-refractivity contribution in [3.05, 3.63) is 29.8 Å². The quantitative estimate of drug-likeness (QED) is 0.854. The molecule has 2 aliphatic rings. The summed E-state index contributed by atoms with van der Waals surface area (Å²) in [5.74, 6) is 0.416. The van der Waals surface area contributed by atoms with Gasteiger partial charge in [0, 0.05) is 36.8 Å². The molecule has 3 rings (SSSR count). The summed E-state index contributed by atoms with van der Waals surface area (Å²) < 4.78 is 0. The van der Waals surface area contributed by atoms with E-state index >= 15 is 0 Å². The lowest BCUT2D eigenvalue weighted by atomic mass is 10.0. The van der Waals surface area contributed by atoms with Crippen LogP contribution in [0.1, 0.15) is 44.2 Å². The summed E-state index contributed by atoms with van der Waals surface area (Å²) in [4.78, 5) is 2.62. The summed E-state index contributed by atoms with van der Waals surface area (Å²) in [5, 5.41) is 13.7. The number of hydrogen-bond donors (Lipinski definition) is 2. The maximum atomic E-state index is 9.99. The van der Waals surface area contributed by atoms with Crippen LogP contribution < -0.4 is 5.32 Å². The first kappa shape index (κ1) is 12.9. The zero-order valence-electron chi connectivity index (χ0n) is 11.7. The maximum Gasteiger partial charge on any atom is 0.120 e. The van der Waals surface area contributed by atoms with E-state index in [0.717, 1.165) is 18.0 Å². The zero-order chi connectivity index (χ0) is 13.2. The molecular formula is C16H24N2O. The van der Waals surface area contributed by atoms with Crippen molar-refractivity contribution in [3.8, 4) is 5.75 Å². The second-order valence-electron chi connectivity index (χ2n) is 5.90. The molecule has 3 heteroatoms. The van der Waals surface area contributed by atoms with Crippen LogP contribution in [0.15, 0.2) is 24.3 Å². The Balaban J connectivity index is 1.62. The van der Waals surface area contributed by atoms with Crippen LogP contribution in [0.3, 0.4) is 0 Å². The summed E-state index contributed by atoms with van der Waals surface area (Å²) >= 11 is 0. The standard InChI is InChI=1S/C16H24N2O/c1-2-15(14-5-3-4-6-16(14)19)17-12-9-10-18(11-12)13-7-8-13/h3-6,12-13,15,17,19H,2,7-11H2,1H3. The van der Waals surface area contributed by atoms with Gasteiger partial charge >= 0.3 is 0 Å². The largest absolute Gasteiger partial charge is 0.508 e. The number of phenolic OH excluding ortho intramolecular Hbond substituents is 1. The van der Waals surface area contributed by atoms with Crippen molar-refractivity contribution < 1.29 is 5.11 Å². The van der Waals surface area contributed by atoms with Gasteiger partial charge in [-0.15, -0.1) is 0 Å². The number of hydrogen-bond acceptors (Lipinski definition) is 3. The predicted molar refractivity (Wildman–Crippen MR) is 77.3 cm³/mol. The molecule has 1 aliphatic carbocycles. The Labute approximate surface area is 115 Å². The fourth-order valence-corrected chi connectivity index (χ4v) is 3.19. The molecule has 1 heterocycles. The van der Waals surface area contributed by atoms with Gasteiger partial charge in [0.1, 0.15) is 5.75 Å². The molecular weight excluding hydrogens is 236 g/mol. The van der Waals surface area contributed by atoms with Crippen molar-refractivity contribution in [1.29, 1.82) is 0 Å². The topological polar surface area (TPSA) is 35.5 Å². The van der Waals surface area contributed by atoms with Crippen LogP contribution in [-0.2, 0) is 0 Å². The number of phenols is 1. The number of aromatic hydroxyl groups is 1. The number of nitrogens with zero attached hydrogens (tertiary/aromatic N) is 1. The molecule has 1 saturated carbocycles. The Morgan fingerprint density at radius 1 is 1.32 bits per heavy atom. The normalized spacial score (nSPS) is 25.6. The highest BCUT2D eigenvalue weighted by molar-refractivity contribution is 5.34. The van der Waals surface area contributed by atoms with Crippen molar-refractivity contribution in [2.75, 3.05) is 13.1 Å². The maximum absolute atomic E-state index is 9.99. The number of rotatable bonds is 5. The molecule has 0 aromatic heterocycles. The highest BCUT2D eigenvalue weighted by Crippen LogP contribution is 2.31. The molecule has 0 bridgehead atoms. The Kier molecular flexibility index (Phi) is 3.76. The Bertz CT molecular complexity index is 431. The number of para-hydroxylation sites is 1. The molecule has 2 N–H and O–H groups in total. The molecule has 3 nitrogen and oxygen atoms in total. The molecule has 2 unspecified atom stereocenters. The van der Waals surface area contributed by atoms with Gasteiger partial charge in [-0.1, -0.05) is 25.1 Å². The SMILES string of the molecule is CCC(NC1CCN(C2CC2)C1)c1ccccc1O. The van der Waals surface area contributed by atoms with Gasteiger partial charge in [-0.25, -0.2) is 0 Å². The molecule has 2 fully saturated rings. The summed E-state index contributed by atoms with van der Waals surface area (Å²) in [5.41, 5.74) is 1.04. The minimum atomic E-state index is 0.269. The molecule has 104 valence electrons. The van der Waals surface area contributed by atoms with Gasteiger partial charge in [-0.3, -0.25) is 4.90 Å². The number of likely N-dealkylation sites (tertiary alicyclic amines) is 1. The average molecular weight is 260 g/mol. The van der Waals surface area contributed by atoms with Gasteiger partial charge in [0.05, 0.1) is 0 Å². The third-order valence-corrected chi connectivity index (χ3v) is 4.44. The predicted octanol–water partition coefficient (Wildman–Crippen LogP) is 2.67. The van der Waals surface area contributed by atoms with Gasteiger partial charge in [-0.05, 0) is 31.7 Å². The monoisotopic (exact) mass is 260 g/mol. The third kappa shape index (κ3) is 2.93. The highest BCUT2D eigenvalue weighted by atomic mass is 16.3. The second-order valence-corrected chi connectivity index (χ2v) is 5.90. The smallest absolute Gasteiger partial charge is 0.120 e. The highest BCUT2D eigenvalue weighted by Gasteiger charge is 2.34. The van der Waals surface area contributed by atoms with E-state index in [1.807, 2.05) is 18.2 Å². The van der Waals surface area contributed by atoms with E-state index in [1.165, 1.54) is 32.4 Å². The third-order valence-electron chi connectivity index (χ3n) is 4.44. The van der Waals surface area contributed by atoms with E-state index in [2.05, 4.69) is 17.1 Å². The minimum Gasteiger partial charge on any atom is -0.508 e. The fourth-order valence-electron chi connectivity index (χ4n) is 3.19. The van der Waals surface area contributed by atoms with Gasteiger partial charge in [-0.2, -0.15) is 0 Å². The Hall–Kier alpha value is -1.06. The lowest BCUT2D eigenvalue weighted by molar-refractivity contribution is 0.310. The lowest BCUT2D eigenvalue weighted by Crippen LogP contribution is -2.35. The van der Waals surface area contributed by atoms with Crippen molar-refractivity contribution in [3.63, 3.8) is 0 Å². The van der Waals surface area contributed by atoms with Crippen LogP contribution in [0.5, 0.6) is 5.75 Å². The molecule has 19 heavy (non-hydrogen) atoms. The Morgan fingerprint density at radius 2 is 2.11 bits per heavy atom. The van der Waals surface area contributed by atoms with E-state index in [-0.39, 0.29) is 6.04 Å². The molecule has 1 aliphatic heterocycles. The zero-order valence-corrected chi connectivity index (χ0v) is 11.7. The van der Waals surface area contributed by atoms with Gasteiger partial charge < -0.3 is 10.4 Å². The summed E-state index contributed by atoms with van der Waals surface area (Å²) in [7, 11) is 0. The minimum absolute atomic E-state index is 0.269. The summed E-state index contributed by atoms with van der Waals surface area (Å²) in [6.45, 7) is 4.59. The van der Waals surface area contributed by atoms with E-state index in [4.69, 9.17) is 0 Å². The molecule has 1 saturated heterocycles. The van der Waals surface area contributed by atoms with Gasteiger partial charge in [0.2, 0.25) is 0 Å². The second kappa shape index (κ2) is 5.51. The number of benzene rings is 1. The van der Waals surface area contributed by atoms with Gasteiger partial charge in [0.25, 0.3) is 0 Å². The molecule has 2 atom stereocenters. The molecule has 0 spiro atoms. The van der Waals surface area contributed by atoms with Crippen LogP contribution in [-0.4, -0.2) is 35.2 Å². The van der Waals surface area contributed by atoms with Crippen molar-refractivity contribution in [2.24, 2.45) is 0 Å². The first-order chi connectivity index (χ1) is 9.28. The first-order valence-electron chi connectivity index (χ1n) is 7.56. The van der Waals surface area contributed by atoms with Crippen molar-refractivity contribution in [2.45, 2.75) is 50.7 Å². The van der Waals surface area contributed by atoms with E-state index in [9.17, 15) is 5.11 Å². The van der Waals surface area contributed by atoms with E-state index in [0.29, 0.717) is 11.8 Å². The number of nitrogens with one attached hydrogen (secondary N) is 1. The fraction of sp³-hybridized carbons (Fsp3) is 0.625. The van der Waals surface area contributed by atoms with Crippen LogP contribution in [0.25, 0.3) is 0 Å². The van der Waals surface area contributed by atoms with E-state index in [1.54, 1.807) is 6.07 Å². The molecule has 1 aromatic rings. The van der Waals surface area contributed by atoms with Crippen LogP contribution in [0, 0.1) is 0 Å². The molecule has 0 radical (unpaired) electrons. The summed E-state index contributed by atoms with van der Waals surface area (Å²) in [6, 6.07) is 9.42. The van der Waals surface area contributed by atoms with Crippen LogP contribution in [0.2, 0.25) is 0 Å². The van der Waals surface area contributed by atoms with Crippen LogP contribution >= 0.6 is 0 Å². The van der Waals surface area contributed by atoms with E-state index < -0.39 is 0 Å². The molecule has 0 amide bonds. The average Bonchev–Trinajstić information content (AvgIpc) is 3.17. The molecule has 1 aromatic carbocycles. The van der Waals surface area contributed by atoms with Crippen molar-refractivity contribution in [1.82, 2.24) is 10.2 Å². The first-order valence-corrected chi connectivity index (χ1v) is 7.56. The summed E-state index contributed by atoms with van der Waals surface area (Å²) in [6.07, 6.45) is 5.03. The lowest BCUT2D eigenvalue weighted by Gasteiger charge is -2.23.